The van der Waals surface area contributed by atoms with Crippen molar-refractivity contribution in [2.75, 3.05) is 36.0 Å². The Bertz CT molecular complexity index is 954. The second kappa shape index (κ2) is 7.94. The van der Waals surface area contributed by atoms with E-state index in [1.807, 2.05) is 24.3 Å². The van der Waals surface area contributed by atoms with Crippen LogP contribution in [0.3, 0.4) is 0 Å². The maximum Gasteiger partial charge on any atom is 0.449 e. The fourth-order valence-electron chi connectivity index (χ4n) is 3.98. The molecule has 1 aliphatic heterocycles. The van der Waals surface area contributed by atoms with Crippen LogP contribution in [0.1, 0.15) is 18.7 Å². The quantitative estimate of drug-likeness (QED) is 0.676. The molecule has 1 aromatic heterocycles. The van der Waals surface area contributed by atoms with Gasteiger partial charge in [-0.2, -0.15) is 13.2 Å². The lowest BCUT2D eigenvalue weighted by Crippen LogP contribution is -2.53. The predicted octanol–water partition coefficient (Wildman–Crippen LogP) is 4.02. The van der Waals surface area contributed by atoms with Crippen molar-refractivity contribution in [3.8, 4) is 0 Å². The molecule has 0 amide bonds. The summed E-state index contributed by atoms with van der Waals surface area (Å²) in [4.78, 5) is 10.7. The number of benzene rings is 2. The molecule has 1 aliphatic rings. The van der Waals surface area contributed by atoms with Crippen LogP contribution in [0.5, 0.6) is 0 Å². The zero-order chi connectivity index (χ0) is 20.4. The van der Waals surface area contributed by atoms with Crippen LogP contribution < -0.4 is 15.5 Å². The van der Waals surface area contributed by atoms with Crippen molar-refractivity contribution in [2.24, 2.45) is 5.73 Å². The fraction of sp³-hybridized carbons (Fsp3) is 0.381. The Morgan fingerprint density at radius 1 is 1.07 bits per heavy atom. The molecule has 1 atom stereocenters. The smallest absolute Gasteiger partial charge is 0.368 e. The Morgan fingerprint density at radius 3 is 2.59 bits per heavy atom. The normalized spacial score (nSPS) is 17.9. The average Bonchev–Trinajstić information content (AvgIpc) is 3.17. The van der Waals surface area contributed by atoms with Gasteiger partial charge in [0.2, 0.25) is 5.82 Å². The lowest BCUT2D eigenvalue weighted by Gasteiger charge is -2.44. The molecule has 2 aromatic carbocycles. The van der Waals surface area contributed by atoms with Crippen molar-refractivity contribution < 1.29 is 13.2 Å². The summed E-state index contributed by atoms with van der Waals surface area (Å²) in [5.74, 6) is -0.960. The minimum absolute atomic E-state index is 0.231. The van der Waals surface area contributed by atoms with Crippen LogP contribution in [0.2, 0.25) is 0 Å². The highest BCUT2D eigenvalue weighted by molar-refractivity contribution is 5.80. The first-order chi connectivity index (χ1) is 14.0. The summed E-state index contributed by atoms with van der Waals surface area (Å²) in [6.07, 6.45) is -2.66. The molecule has 29 heavy (non-hydrogen) atoms. The zero-order valence-corrected chi connectivity index (χ0v) is 16.0. The number of rotatable bonds is 5. The van der Waals surface area contributed by atoms with E-state index in [0.29, 0.717) is 17.6 Å². The van der Waals surface area contributed by atoms with Gasteiger partial charge in [0, 0.05) is 37.1 Å². The highest BCUT2D eigenvalue weighted by Gasteiger charge is 2.35. The summed E-state index contributed by atoms with van der Waals surface area (Å²) in [6, 6.07) is 15.8. The summed E-state index contributed by atoms with van der Waals surface area (Å²) in [5, 5.41) is 0. The monoisotopic (exact) mass is 403 g/mol. The molecule has 8 heteroatoms. The number of halogens is 3. The summed E-state index contributed by atoms with van der Waals surface area (Å²) >= 11 is 0. The molecule has 0 radical (unpaired) electrons. The Kier molecular flexibility index (Phi) is 5.36. The highest BCUT2D eigenvalue weighted by Crippen LogP contribution is 2.31. The highest BCUT2D eigenvalue weighted by atomic mass is 19.4. The van der Waals surface area contributed by atoms with Gasteiger partial charge in [0.15, 0.2) is 0 Å². The number of piperazine rings is 1. The third kappa shape index (κ3) is 4.17. The average molecular weight is 403 g/mol. The Labute approximate surface area is 167 Å². The van der Waals surface area contributed by atoms with Crippen LogP contribution >= 0.6 is 0 Å². The first-order valence-corrected chi connectivity index (χ1v) is 9.79. The number of para-hydroxylation sites is 1. The van der Waals surface area contributed by atoms with Crippen LogP contribution in [0.15, 0.2) is 48.5 Å². The largest absolute Gasteiger partial charge is 0.449 e. The summed E-state index contributed by atoms with van der Waals surface area (Å²) in [6.45, 7) is 3.09. The van der Waals surface area contributed by atoms with Gasteiger partial charge < -0.3 is 20.5 Å². The lowest BCUT2D eigenvalue weighted by atomic mass is 10.0. The number of nitrogens with two attached hydrogens (primary N) is 1. The molecule has 1 saturated heterocycles. The van der Waals surface area contributed by atoms with Crippen LogP contribution in [-0.4, -0.2) is 42.2 Å². The summed E-state index contributed by atoms with van der Waals surface area (Å²) < 4.78 is 38.9. The SMILES string of the molecule is NCCCC1CN(c2ccccc2)CCN1c1ccc2nc(C(F)(F)F)[nH]c2c1. The number of fused-ring (bicyclic) bond motifs is 1. The van der Waals surface area contributed by atoms with Gasteiger partial charge in [-0.25, -0.2) is 4.98 Å². The van der Waals surface area contributed by atoms with Crippen molar-refractivity contribution in [1.29, 1.82) is 0 Å². The first-order valence-electron chi connectivity index (χ1n) is 9.79. The van der Waals surface area contributed by atoms with Gasteiger partial charge in [-0.3, -0.25) is 0 Å². The molecule has 5 nitrogen and oxygen atoms in total. The van der Waals surface area contributed by atoms with Gasteiger partial charge in [-0.05, 0) is 49.7 Å². The van der Waals surface area contributed by atoms with Crippen LogP contribution in [0.4, 0.5) is 24.5 Å². The molecular weight excluding hydrogens is 379 g/mol. The molecular formula is C21H24F3N5. The number of hydrogen-bond donors (Lipinski definition) is 2. The molecule has 0 saturated carbocycles. The predicted molar refractivity (Wildman–Crippen MR) is 109 cm³/mol. The van der Waals surface area contributed by atoms with Crippen molar-refractivity contribution in [3.05, 3.63) is 54.4 Å². The molecule has 2 heterocycles. The minimum atomic E-state index is -4.48. The molecule has 1 unspecified atom stereocenters. The zero-order valence-electron chi connectivity index (χ0n) is 16.0. The second-order valence-electron chi connectivity index (χ2n) is 7.34. The van der Waals surface area contributed by atoms with Crippen molar-refractivity contribution >= 4 is 22.4 Å². The molecule has 3 N–H and O–H groups in total. The number of H-pyrrole nitrogens is 1. The van der Waals surface area contributed by atoms with Crippen LogP contribution in [0.25, 0.3) is 11.0 Å². The number of aromatic nitrogens is 2. The van der Waals surface area contributed by atoms with Crippen molar-refractivity contribution in [3.63, 3.8) is 0 Å². The van der Waals surface area contributed by atoms with E-state index in [0.717, 1.165) is 38.2 Å². The van der Waals surface area contributed by atoms with Gasteiger partial charge >= 0.3 is 6.18 Å². The van der Waals surface area contributed by atoms with Gasteiger partial charge in [0.1, 0.15) is 0 Å². The molecule has 3 aromatic rings. The van der Waals surface area contributed by atoms with E-state index in [1.165, 1.54) is 5.69 Å². The first kappa shape index (κ1) is 19.6. The molecule has 154 valence electrons. The lowest BCUT2D eigenvalue weighted by molar-refractivity contribution is -0.144. The number of aromatic amines is 1. The van der Waals surface area contributed by atoms with Crippen LogP contribution in [0, 0.1) is 0 Å². The maximum atomic E-state index is 13.0. The third-order valence-corrected chi connectivity index (χ3v) is 5.41. The molecule has 1 fully saturated rings. The molecule has 0 spiro atoms. The minimum Gasteiger partial charge on any atom is -0.368 e. The Hall–Kier alpha value is -2.74. The van der Waals surface area contributed by atoms with E-state index in [2.05, 4.69) is 31.9 Å². The van der Waals surface area contributed by atoms with Gasteiger partial charge in [-0.1, -0.05) is 18.2 Å². The van der Waals surface area contributed by atoms with E-state index in [9.17, 15) is 13.2 Å². The Morgan fingerprint density at radius 2 is 1.86 bits per heavy atom. The second-order valence-corrected chi connectivity index (χ2v) is 7.34. The standard InChI is InChI=1S/C21H24F3N5/c22-21(23,24)20-26-18-9-8-16(13-19(18)27-20)29-12-11-28(14-17(29)7-4-10-25)15-5-2-1-3-6-15/h1-3,5-6,8-9,13,17H,4,7,10-12,14,25H2,(H,26,27). The van der Waals surface area contributed by atoms with Gasteiger partial charge in [0.05, 0.1) is 11.0 Å². The third-order valence-electron chi connectivity index (χ3n) is 5.41. The Balaban J connectivity index is 1.60. The number of imidazole rings is 1. The van der Waals surface area contributed by atoms with E-state index >= 15 is 0 Å². The molecule has 0 aliphatic carbocycles. The van der Waals surface area contributed by atoms with E-state index in [4.69, 9.17) is 5.73 Å². The summed E-state index contributed by atoms with van der Waals surface area (Å²) in [5.41, 5.74) is 8.56. The number of hydrogen-bond acceptors (Lipinski definition) is 4. The van der Waals surface area contributed by atoms with Gasteiger partial charge in [0.25, 0.3) is 0 Å². The van der Waals surface area contributed by atoms with E-state index in [-0.39, 0.29) is 6.04 Å². The number of anilines is 2. The fourth-order valence-corrected chi connectivity index (χ4v) is 3.98. The van der Waals surface area contributed by atoms with Crippen molar-refractivity contribution in [2.45, 2.75) is 25.1 Å². The molecule has 4 rings (SSSR count). The number of nitrogens with one attached hydrogen (secondary N) is 1. The van der Waals surface area contributed by atoms with E-state index in [1.54, 1.807) is 12.1 Å². The number of nitrogens with zero attached hydrogens (tertiary/aromatic N) is 3. The summed E-state index contributed by atoms with van der Waals surface area (Å²) in [7, 11) is 0. The van der Waals surface area contributed by atoms with Crippen LogP contribution in [-0.2, 0) is 6.18 Å². The topological polar surface area (TPSA) is 61.2 Å². The molecule has 0 bridgehead atoms. The maximum absolute atomic E-state index is 13.0. The van der Waals surface area contributed by atoms with E-state index < -0.39 is 12.0 Å². The van der Waals surface area contributed by atoms with Crippen molar-refractivity contribution in [1.82, 2.24) is 9.97 Å². The number of alkyl halides is 3. The van der Waals surface area contributed by atoms with Gasteiger partial charge in [-0.15, -0.1) is 0 Å².